The average molecular weight is 279 g/mol. The maximum Gasteiger partial charge on any atom is 0.262 e. The van der Waals surface area contributed by atoms with E-state index in [2.05, 4.69) is 9.82 Å². The van der Waals surface area contributed by atoms with Crippen molar-refractivity contribution in [3.05, 3.63) is 41.2 Å². The van der Waals surface area contributed by atoms with Crippen LogP contribution in [0, 0.1) is 20.8 Å². The normalized spacial score (nSPS) is 11.6. The molecule has 2 aromatic rings. The van der Waals surface area contributed by atoms with E-state index < -0.39 is 10.0 Å². The van der Waals surface area contributed by atoms with Crippen LogP contribution in [-0.2, 0) is 17.1 Å². The Labute approximate surface area is 113 Å². The average Bonchev–Trinajstić information content (AvgIpc) is 2.56. The molecule has 1 N–H and O–H groups in total. The molecule has 2 rings (SSSR count). The Morgan fingerprint density at radius 3 is 2.42 bits per heavy atom. The quantitative estimate of drug-likeness (QED) is 0.936. The van der Waals surface area contributed by atoms with Gasteiger partial charge in [-0.15, -0.1) is 0 Å². The molecule has 0 amide bonds. The summed E-state index contributed by atoms with van der Waals surface area (Å²) in [5, 5.41) is 4.20. The van der Waals surface area contributed by atoms with Gasteiger partial charge in [-0.3, -0.25) is 9.40 Å². The van der Waals surface area contributed by atoms with Crippen molar-refractivity contribution in [2.24, 2.45) is 7.05 Å². The van der Waals surface area contributed by atoms with Crippen LogP contribution in [0.25, 0.3) is 0 Å². The fourth-order valence-electron chi connectivity index (χ4n) is 1.90. The van der Waals surface area contributed by atoms with Gasteiger partial charge in [0.1, 0.15) is 0 Å². The van der Waals surface area contributed by atoms with Gasteiger partial charge in [-0.05, 0) is 38.5 Å². The lowest BCUT2D eigenvalue weighted by Crippen LogP contribution is -2.14. The van der Waals surface area contributed by atoms with E-state index in [4.69, 9.17) is 0 Å². The fraction of sp³-hybridized carbons (Fsp3) is 0.308. The molecule has 0 aliphatic heterocycles. The summed E-state index contributed by atoms with van der Waals surface area (Å²) in [6.07, 6.45) is 0. The monoisotopic (exact) mass is 279 g/mol. The Kier molecular flexibility index (Phi) is 3.36. The van der Waals surface area contributed by atoms with Crippen LogP contribution in [0.15, 0.2) is 29.2 Å². The summed E-state index contributed by atoms with van der Waals surface area (Å²) in [7, 11) is -1.79. The summed E-state index contributed by atoms with van der Waals surface area (Å²) < 4.78 is 28.9. The third kappa shape index (κ3) is 2.63. The molecule has 0 radical (unpaired) electrons. The van der Waals surface area contributed by atoms with Gasteiger partial charge in [-0.1, -0.05) is 12.1 Å². The van der Waals surface area contributed by atoms with Crippen LogP contribution in [0.4, 0.5) is 5.69 Å². The van der Waals surface area contributed by atoms with Crippen LogP contribution < -0.4 is 4.72 Å². The molecule has 6 heteroatoms. The predicted molar refractivity (Wildman–Crippen MR) is 74.7 cm³/mol. The number of hydrogen-bond donors (Lipinski definition) is 1. The molecule has 102 valence electrons. The first-order valence-electron chi connectivity index (χ1n) is 5.91. The summed E-state index contributed by atoms with van der Waals surface area (Å²) in [6, 6.07) is 6.81. The number of anilines is 1. The van der Waals surface area contributed by atoms with Crippen molar-refractivity contribution >= 4 is 15.7 Å². The first-order valence-corrected chi connectivity index (χ1v) is 7.39. The highest BCUT2D eigenvalue weighted by molar-refractivity contribution is 7.92. The lowest BCUT2D eigenvalue weighted by Gasteiger charge is -2.09. The van der Waals surface area contributed by atoms with Gasteiger partial charge in [0.25, 0.3) is 10.0 Å². The second-order valence-electron chi connectivity index (χ2n) is 4.59. The topological polar surface area (TPSA) is 64.0 Å². The third-order valence-electron chi connectivity index (χ3n) is 3.05. The lowest BCUT2D eigenvalue weighted by molar-refractivity contribution is 0.601. The summed E-state index contributed by atoms with van der Waals surface area (Å²) in [5.41, 5.74) is 2.90. The van der Waals surface area contributed by atoms with Gasteiger partial charge in [-0.25, -0.2) is 8.42 Å². The van der Waals surface area contributed by atoms with Gasteiger partial charge in [0, 0.05) is 7.05 Å². The first kappa shape index (κ1) is 13.6. The fourth-order valence-corrected chi connectivity index (χ4v) is 3.18. The van der Waals surface area contributed by atoms with Gasteiger partial charge < -0.3 is 0 Å². The number of aromatic nitrogens is 2. The second kappa shape index (κ2) is 4.70. The number of sulfonamides is 1. The standard InChI is InChI=1S/C13H17N3O2S/c1-9-6-5-7-12(8-9)19(17,18)15-13-10(2)14-16(4)11(13)3/h5-8,15H,1-4H3. The van der Waals surface area contributed by atoms with E-state index in [1.165, 1.54) is 0 Å². The third-order valence-corrected chi connectivity index (χ3v) is 4.39. The largest absolute Gasteiger partial charge is 0.276 e. The number of aryl methyl sites for hydroxylation is 3. The Bertz CT molecular complexity index is 717. The zero-order valence-electron chi connectivity index (χ0n) is 11.4. The molecular formula is C13H17N3O2S. The zero-order chi connectivity index (χ0) is 14.2. The smallest absolute Gasteiger partial charge is 0.262 e. The number of nitrogens with zero attached hydrogens (tertiary/aromatic N) is 2. The zero-order valence-corrected chi connectivity index (χ0v) is 12.2. The molecule has 1 aromatic carbocycles. The Morgan fingerprint density at radius 2 is 1.89 bits per heavy atom. The van der Waals surface area contributed by atoms with Crippen molar-refractivity contribution in [2.45, 2.75) is 25.7 Å². The van der Waals surface area contributed by atoms with Gasteiger partial charge in [-0.2, -0.15) is 5.10 Å². The van der Waals surface area contributed by atoms with Crippen LogP contribution in [0.2, 0.25) is 0 Å². The van der Waals surface area contributed by atoms with E-state index in [0.717, 1.165) is 11.3 Å². The van der Waals surface area contributed by atoms with Crippen LogP contribution in [0.3, 0.4) is 0 Å². The number of rotatable bonds is 3. The van der Waals surface area contributed by atoms with Gasteiger partial charge in [0.2, 0.25) is 0 Å². The molecule has 0 atom stereocenters. The van der Waals surface area contributed by atoms with E-state index in [-0.39, 0.29) is 4.90 Å². The molecule has 0 aliphatic carbocycles. The van der Waals surface area contributed by atoms with Crippen molar-refractivity contribution in [2.75, 3.05) is 4.72 Å². The highest BCUT2D eigenvalue weighted by atomic mass is 32.2. The number of benzene rings is 1. The highest BCUT2D eigenvalue weighted by Gasteiger charge is 2.19. The van der Waals surface area contributed by atoms with Gasteiger partial charge in [0.15, 0.2) is 0 Å². The number of nitrogens with one attached hydrogen (secondary N) is 1. The molecule has 0 aliphatic rings. The minimum Gasteiger partial charge on any atom is -0.276 e. The minimum atomic E-state index is -3.57. The van der Waals surface area contributed by atoms with Crippen molar-refractivity contribution in [1.82, 2.24) is 9.78 Å². The Balaban J connectivity index is 2.42. The molecule has 0 bridgehead atoms. The molecular weight excluding hydrogens is 262 g/mol. The summed E-state index contributed by atoms with van der Waals surface area (Å²) in [5.74, 6) is 0. The van der Waals surface area contributed by atoms with Crippen LogP contribution in [0.1, 0.15) is 17.0 Å². The molecule has 1 aromatic heterocycles. The molecule has 0 unspecified atom stereocenters. The van der Waals surface area contributed by atoms with Crippen LogP contribution in [-0.4, -0.2) is 18.2 Å². The summed E-state index contributed by atoms with van der Waals surface area (Å²) in [6.45, 7) is 5.47. The van der Waals surface area contributed by atoms with Crippen molar-refractivity contribution < 1.29 is 8.42 Å². The molecule has 0 spiro atoms. The first-order chi connectivity index (χ1) is 8.81. The molecule has 0 fully saturated rings. The molecule has 0 saturated heterocycles. The molecule has 5 nitrogen and oxygen atoms in total. The van der Waals surface area contributed by atoms with Crippen molar-refractivity contribution in [3.63, 3.8) is 0 Å². The Morgan fingerprint density at radius 1 is 1.21 bits per heavy atom. The predicted octanol–water partition coefficient (Wildman–Crippen LogP) is 2.15. The summed E-state index contributed by atoms with van der Waals surface area (Å²) >= 11 is 0. The van der Waals surface area contributed by atoms with E-state index in [9.17, 15) is 8.42 Å². The number of hydrogen-bond acceptors (Lipinski definition) is 3. The van der Waals surface area contributed by atoms with E-state index in [0.29, 0.717) is 11.4 Å². The van der Waals surface area contributed by atoms with Crippen molar-refractivity contribution in [3.8, 4) is 0 Å². The van der Waals surface area contributed by atoms with Crippen LogP contribution in [0.5, 0.6) is 0 Å². The maximum atomic E-state index is 12.3. The lowest BCUT2D eigenvalue weighted by atomic mass is 10.2. The molecule has 1 heterocycles. The summed E-state index contributed by atoms with van der Waals surface area (Å²) in [4.78, 5) is 0.259. The highest BCUT2D eigenvalue weighted by Crippen LogP contribution is 2.22. The van der Waals surface area contributed by atoms with Crippen LogP contribution >= 0.6 is 0 Å². The van der Waals surface area contributed by atoms with E-state index >= 15 is 0 Å². The maximum absolute atomic E-state index is 12.3. The second-order valence-corrected chi connectivity index (χ2v) is 6.27. The molecule has 0 saturated carbocycles. The molecule has 19 heavy (non-hydrogen) atoms. The van der Waals surface area contributed by atoms with E-state index in [1.807, 2.05) is 19.9 Å². The SMILES string of the molecule is Cc1cccc(S(=O)(=O)Nc2c(C)nn(C)c2C)c1. The minimum absolute atomic E-state index is 0.259. The Hall–Kier alpha value is -1.82. The van der Waals surface area contributed by atoms with Crippen molar-refractivity contribution in [1.29, 1.82) is 0 Å². The van der Waals surface area contributed by atoms with Gasteiger partial charge in [0.05, 0.1) is 22.0 Å². The van der Waals surface area contributed by atoms with E-state index in [1.54, 1.807) is 36.9 Å². The van der Waals surface area contributed by atoms with Gasteiger partial charge >= 0.3 is 0 Å².